The van der Waals surface area contributed by atoms with Crippen molar-refractivity contribution in [3.8, 4) is 0 Å². The van der Waals surface area contributed by atoms with E-state index in [0.717, 1.165) is 0 Å². The van der Waals surface area contributed by atoms with Crippen molar-refractivity contribution >= 4 is 18.3 Å². The molecular weight excluding hydrogens is 286 g/mol. The summed E-state index contributed by atoms with van der Waals surface area (Å²) < 4.78 is 28.3. The smallest absolute Gasteiger partial charge is 0.337 e. The summed E-state index contributed by atoms with van der Waals surface area (Å²) >= 11 is 0. The Bertz CT molecular complexity index is 470. The minimum Gasteiger partial charge on any atom is -0.337 e. The number of amides is 1. The Morgan fingerprint density at radius 3 is 2.50 bits per heavy atom. The Morgan fingerprint density at radius 2 is 2.00 bits per heavy atom. The SMILES string of the molecule is CC1(CN)CCN(C(=O)C(F)(F)c2ccccc2)C1.Cl. The summed E-state index contributed by atoms with van der Waals surface area (Å²) in [6.07, 6.45) is 0.667. The van der Waals surface area contributed by atoms with E-state index in [1.54, 1.807) is 6.07 Å². The van der Waals surface area contributed by atoms with E-state index < -0.39 is 11.8 Å². The van der Waals surface area contributed by atoms with Crippen LogP contribution in [-0.4, -0.2) is 30.4 Å². The van der Waals surface area contributed by atoms with Gasteiger partial charge in [-0.25, -0.2) is 0 Å². The lowest BCUT2D eigenvalue weighted by Crippen LogP contribution is -2.42. The molecule has 0 radical (unpaired) electrons. The molecular formula is C14H19ClF2N2O. The van der Waals surface area contributed by atoms with Crippen LogP contribution in [0.1, 0.15) is 18.9 Å². The van der Waals surface area contributed by atoms with Gasteiger partial charge in [-0.1, -0.05) is 37.3 Å². The second-order valence-corrected chi connectivity index (χ2v) is 5.43. The Hall–Kier alpha value is -1.20. The predicted molar refractivity (Wildman–Crippen MR) is 75.9 cm³/mol. The van der Waals surface area contributed by atoms with Gasteiger partial charge in [0.1, 0.15) is 0 Å². The minimum absolute atomic E-state index is 0. The van der Waals surface area contributed by atoms with Crippen LogP contribution in [0.3, 0.4) is 0 Å². The van der Waals surface area contributed by atoms with Gasteiger partial charge in [-0.2, -0.15) is 8.78 Å². The number of nitrogens with two attached hydrogens (primary N) is 1. The molecule has 1 fully saturated rings. The van der Waals surface area contributed by atoms with Crippen LogP contribution < -0.4 is 5.73 Å². The van der Waals surface area contributed by atoms with Crippen molar-refractivity contribution in [1.82, 2.24) is 4.90 Å². The molecule has 1 aliphatic rings. The van der Waals surface area contributed by atoms with Crippen LogP contribution >= 0.6 is 12.4 Å². The number of nitrogens with zero attached hydrogens (tertiary/aromatic N) is 1. The number of benzene rings is 1. The molecule has 1 aliphatic heterocycles. The molecule has 0 spiro atoms. The Kier molecular flexibility index (Phi) is 5.10. The molecule has 1 saturated heterocycles. The average molecular weight is 305 g/mol. The monoisotopic (exact) mass is 304 g/mol. The summed E-state index contributed by atoms with van der Waals surface area (Å²) in [5, 5.41) is 0. The molecule has 1 amide bonds. The highest BCUT2D eigenvalue weighted by Gasteiger charge is 2.47. The van der Waals surface area contributed by atoms with Gasteiger partial charge < -0.3 is 10.6 Å². The fraction of sp³-hybridized carbons (Fsp3) is 0.500. The second-order valence-electron chi connectivity index (χ2n) is 5.43. The lowest BCUT2D eigenvalue weighted by molar-refractivity contribution is -0.158. The summed E-state index contributed by atoms with van der Waals surface area (Å²) in [5.74, 6) is -4.60. The van der Waals surface area contributed by atoms with Gasteiger partial charge in [-0.3, -0.25) is 4.79 Å². The molecule has 1 atom stereocenters. The van der Waals surface area contributed by atoms with E-state index in [1.165, 1.54) is 29.2 Å². The molecule has 0 saturated carbocycles. The molecule has 0 bridgehead atoms. The molecule has 0 aliphatic carbocycles. The molecule has 3 nitrogen and oxygen atoms in total. The van der Waals surface area contributed by atoms with E-state index in [-0.39, 0.29) is 23.4 Å². The molecule has 2 rings (SSSR count). The first-order valence-electron chi connectivity index (χ1n) is 6.32. The highest BCUT2D eigenvalue weighted by Crippen LogP contribution is 2.35. The lowest BCUT2D eigenvalue weighted by Gasteiger charge is -2.26. The number of alkyl halides is 2. The number of carbonyl (C=O) groups is 1. The van der Waals surface area contributed by atoms with Crippen LogP contribution in [0.25, 0.3) is 0 Å². The molecule has 1 unspecified atom stereocenters. The maximum Gasteiger partial charge on any atom is 0.349 e. The van der Waals surface area contributed by atoms with E-state index in [0.29, 0.717) is 26.1 Å². The van der Waals surface area contributed by atoms with Gasteiger partial charge in [-0.15, -0.1) is 12.4 Å². The first kappa shape index (κ1) is 16.9. The summed E-state index contributed by atoms with van der Waals surface area (Å²) in [7, 11) is 0. The van der Waals surface area contributed by atoms with Gasteiger partial charge in [0, 0.05) is 18.7 Å². The van der Waals surface area contributed by atoms with Crippen LogP contribution in [0.2, 0.25) is 0 Å². The van der Waals surface area contributed by atoms with Crippen molar-refractivity contribution < 1.29 is 13.6 Å². The van der Waals surface area contributed by atoms with Crippen LogP contribution in [0, 0.1) is 5.41 Å². The Balaban J connectivity index is 0.00000200. The third kappa shape index (κ3) is 3.10. The molecule has 0 aromatic heterocycles. The fourth-order valence-electron chi connectivity index (χ4n) is 2.33. The zero-order chi connectivity index (χ0) is 14.1. The molecule has 20 heavy (non-hydrogen) atoms. The van der Waals surface area contributed by atoms with Crippen molar-refractivity contribution in [1.29, 1.82) is 0 Å². The predicted octanol–water partition coefficient (Wildman–Crippen LogP) is 2.40. The average Bonchev–Trinajstić information content (AvgIpc) is 2.82. The van der Waals surface area contributed by atoms with Gasteiger partial charge in [0.2, 0.25) is 0 Å². The van der Waals surface area contributed by atoms with E-state index in [1.807, 2.05) is 6.92 Å². The normalized spacial score (nSPS) is 22.5. The van der Waals surface area contributed by atoms with Gasteiger partial charge in [-0.05, 0) is 18.4 Å². The summed E-state index contributed by atoms with van der Waals surface area (Å²) in [4.78, 5) is 13.2. The van der Waals surface area contributed by atoms with Crippen molar-refractivity contribution in [3.63, 3.8) is 0 Å². The van der Waals surface area contributed by atoms with E-state index >= 15 is 0 Å². The zero-order valence-corrected chi connectivity index (χ0v) is 12.1. The third-order valence-electron chi connectivity index (χ3n) is 3.74. The van der Waals surface area contributed by atoms with Crippen LogP contribution in [-0.2, 0) is 10.7 Å². The third-order valence-corrected chi connectivity index (χ3v) is 3.74. The number of carbonyl (C=O) groups excluding carboxylic acids is 1. The highest BCUT2D eigenvalue weighted by atomic mass is 35.5. The van der Waals surface area contributed by atoms with Crippen molar-refractivity contribution in [2.45, 2.75) is 19.3 Å². The first-order valence-corrected chi connectivity index (χ1v) is 6.32. The number of hydrogen-bond acceptors (Lipinski definition) is 2. The molecule has 1 aromatic carbocycles. The van der Waals surface area contributed by atoms with Gasteiger partial charge in [0.05, 0.1) is 0 Å². The van der Waals surface area contributed by atoms with E-state index in [2.05, 4.69) is 0 Å². The Labute approximate surface area is 123 Å². The summed E-state index contributed by atoms with van der Waals surface area (Å²) in [5.41, 5.74) is 5.11. The van der Waals surface area contributed by atoms with Gasteiger partial charge in [0.25, 0.3) is 5.91 Å². The van der Waals surface area contributed by atoms with Crippen LogP contribution in [0.4, 0.5) is 8.78 Å². The molecule has 1 heterocycles. The molecule has 6 heteroatoms. The zero-order valence-electron chi connectivity index (χ0n) is 11.3. The van der Waals surface area contributed by atoms with Crippen molar-refractivity contribution in [2.24, 2.45) is 11.1 Å². The minimum atomic E-state index is -3.47. The quantitative estimate of drug-likeness (QED) is 0.932. The van der Waals surface area contributed by atoms with Crippen molar-refractivity contribution in [2.75, 3.05) is 19.6 Å². The Morgan fingerprint density at radius 1 is 1.40 bits per heavy atom. The summed E-state index contributed by atoms with van der Waals surface area (Å²) in [6, 6.07) is 7.20. The first-order chi connectivity index (χ1) is 8.89. The number of hydrogen-bond donors (Lipinski definition) is 1. The maximum absolute atomic E-state index is 14.1. The molecule has 1 aromatic rings. The summed E-state index contributed by atoms with van der Waals surface area (Å²) in [6.45, 7) is 2.95. The largest absolute Gasteiger partial charge is 0.349 e. The van der Waals surface area contributed by atoms with E-state index in [9.17, 15) is 13.6 Å². The second kappa shape index (κ2) is 6.06. The standard InChI is InChI=1S/C14H18F2N2O.ClH/c1-13(9-17)7-8-18(10-13)12(19)14(15,16)11-5-3-2-4-6-11;/h2-6H,7-10,17H2,1H3;1H. The topological polar surface area (TPSA) is 46.3 Å². The number of likely N-dealkylation sites (tertiary alicyclic amines) is 1. The maximum atomic E-state index is 14.1. The van der Waals surface area contributed by atoms with E-state index in [4.69, 9.17) is 5.73 Å². The molecule has 112 valence electrons. The van der Waals surface area contributed by atoms with Gasteiger partial charge >= 0.3 is 5.92 Å². The van der Waals surface area contributed by atoms with Gasteiger partial charge in [0.15, 0.2) is 0 Å². The highest BCUT2D eigenvalue weighted by molar-refractivity contribution is 5.85. The number of rotatable bonds is 3. The molecule has 2 N–H and O–H groups in total. The van der Waals surface area contributed by atoms with Crippen molar-refractivity contribution in [3.05, 3.63) is 35.9 Å². The fourth-order valence-corrected chi connectivity index (χ4v) is 2.33. The number of halogens is 3. The van der Waals surface area contributed by atoms with Crippen LogP contribution in [0.5, 0.6) is 0 Å². The lowest BCUT2D eigenvalue weighted by atomic mass is 9.90. The van der Waals surface area contributed by atoms with Crippen LogP contribution in [0.15, 0.2) is 30.3 Å².